The minimum Gasteiger partial charge on any atom is -0.481 e. The molecule has 6 heteroatoms. The van der Waals surface area contributed by atoms with Crippen molar-refractivity contribution in [3.63, 3.8) is 0 Å². The number of rotatable bonds is 2. The number of hydrogen-bond acceptors (Lipinski definition) is 3. The molecule has 0 aromatic heterocycles. The van der Waals surface area contributed by atoms with Crippen molar-refractivity contribution in [2.75, 3.05) is 0 Å². The van der Waals surface area contributed by atoms with Crippen LogP contribution < -0.4 is 5.32 Å². The predicted molar refractivity (Wildman–Crippen MR) is 94.6 cm³/mol. The molecule has 0 saturated carbocycles. The first-order chi connectivity index (χ1) is 11.4. The lowest BCUT2D eigenvalue weighted by molar-refractivity contribution is -0.151. The van der Waals surface area contributed by atoms with Crippen molar-refractivity contribution in [2.45, 2.75) is 46.6 Å². The molecular weight excluding hydrogens is 343 g/mol. The molecule has 0 bridgehead atoms. The van der Waals surface area contributed by atoms with Gasteiger partial charge in [-0.2, -0.15) is 5.26 Å². The Hall–Kier alpha value is -2.06. The number of carboxylic acid groups (broad SMARTS) is 1. The fourth-order valence-electron chi connectivity index (χ4n) is 3.40. The van der Waals surface area contributed by atoms with Gasteiger partial charge >= 0.3 is 5.97 Å². The Morgan fingerprint density at radius 2 is 2.04 bits per heavy atom. The Morgan fingerprint density at radius 1 is 1.44 bits per heavy atom. The first kappa shape index (κ1) is 19.3. The van der Waals surface area contributed by atoms with E-state index in [0.29, 0.717) is 16.8 Å². The van der Waals surface area contributed by atoms with Crippen molar-refractivity contribution >= 4 is 17.6 Å². The van der Waals surface area contributed by atoms with Crippen LogP contribution in [0.15, 0.2) is 29.5 Å². The molecule has 2 N–H and O–H groups in total. The zero-order chi connectivity index (χ0) is 19.2. The molecule has 134 valence electrons. The maximum Gasteiger partial charge on any atom is 0.312 e. The summed E-state index contributed by atoms with van der Waals surface area (Å²) in [7, 11) is 0. The normalized spacial score (nSPS) is 26.8. The van der Waals surface area contributed by atoms with Crippen LogP contribution in [-0.4, -0.2) is 17.1 Å². The van der Waals surface area contributed by atoms with E-state index in [2.05, 4.69) is 11.4 Å². The highest BCUT2D eigenvalue weighted by Gasteiger charge is 2.53. The number of hydrogen-bond donors (Lipinski definition) is 2. The Morgan fingerprint density at radius 3 is 2.48 bits per heavy atom. The number of nitrogens with zero attached hydrogens (tertiary/aromatic N) is 1. The number of aliphatic carboxylic acids is 1. The maximum absolute atomic E-state index is 13.5. The van der Waals surface area contributed by atoms with E-state index in [4.69, 9.17) is 11.6 Å². The van der Waals surface area contributed by atoms with Gasteiger partial charge in [-0.3, -0.25) is 4.79 Å². The number of nitrogens with one attached hydrogen (secondary N) is 1. The molecule has 0 fully saturated rings. The van der Waals surface area contributed by atoms with Crippen LogP contribution >= 0.6 is 11.6 Å². The molecule has 4 nitrogen and oxygen atoms in total. The highest BCUT2D eigenvalue weighted by atomic mass is 35.5. The summed E-state index contributed by atoms with van der Waals surface area (Å²) in [5.74, 6) is -2.33. The molecule has 0 amide bonds. The lowest BCUT2D eigenvalue weighted by atomic mass is 9.62. The molecule has 0 saturated heterocycles. The Kier molecular flexibility index (Phi) is 4.89. The van der Waals surface area contributed by atoms with Crippen molar-refractivity contribution in [3.8, 4) is 6.07 Å². The number of carbonyl (C=O) groups is 1. The summed E-state index contributed by atoms with van der Waals surface area (Å²) in [6, 6.07) is 5.59. The predicted octanol–water partition coefficient (Wildman–Crippen LogP) is 4.47. The van der Waals surface area contributed by atoms with Gasteiger partial charge in [0.05, 0.1) is 17.1 Å². The topological polar surface area (TPSA) is 73.1 Å². The second-order valence-electron chi connectivity index (χ2n) is 7.70. The lowest BCUT2D eigenvalue weighted by Crippen LogP contribution is -2.55. The molecule has 1 aliphatic heterocycles. The second kappa shape index (κ2) is 6.34. The third kappa shape index (κ3) is 3.11. The van der Waals surface area contributed by atoms with E-state index >= 15 is 0 Å². The molecule has 3 unspecified atom stereocenters. The molecular formula is C19H22ClFN2O2. The van der Waals surface area contributed by atoms with Gasteiger partial charge in [-0.25, -0.2) is 4.39 Å². The summed E-state index contributed by atoms with van der Waals surface area (Å²) in [5.41, 5.74) is -0.249. The molecule has 2 rings (SSSR count). The number of allylic oxidation sites excluding steroid dienone is 2. The molecule has 1 aromatic rings. The highest BCUT2D eigenvalue weighted by molar-refractivity contribution is 6.31. The van der Waals surface area contributed by atoms with E-state index in [-0.39, 0.29) is 10.4 Å². The van der Waals surface area contributed by atoms with Crippen LogP contribution in [0.25, 0.3) is 0 Å². The fraction of sp³-hybridized carbons (Fsp3) is 0.474. The van der Waals surface area contributed by atoms with Gasteiger partial charge in [-0.1, -0.05) is 38.4 Å². The van der Waals surface area contributed by atoms with Crippen molar-refractivity contribution < 1.29 is 14.3 Å². The summed E-state index contributed by atoms with van der Waals surface area (Å²) in [4.78, 5) is 12.2. The van der Waals surface area contributed by atoms with E-state index in [9.17, 15) is 19.6 Å². The highest BCUT2D eigenvalue weighted by Crippen LogP contribution is 2.51. The van der Waals surface area contributed by atoms with Crippen LogP contribution in [0.4, 0.5) is 4.39 Å². The monoisotopic (exact) mass is 364 g/mol. The van der Waals surface area contributed by atoms with Gasteiger partial charge in [-0.05, 0) is 31.5 Å². The summed E-state index contributed by atoms with van der Waals surface area (Å²) in [5, 5.41) is 23.1. The van der Waals surface area contributed by atoms with Gasteiger partial charge in [0.2, 0.25) is 0 Å². The standard InChI is InChI=1S/C19H22ClFN2O2/c1-10-19(5,17(24)25)15(12-7-6-11(21)8-14(12)20)13(9-22)16(23-10)18(2,3)4/h6-8,10,15,23H,1-5H3,(H,24,25). The minimum atomic E-state index is -1.32. The van der Waals surface area contributed by atoms with Gasteiger partial charge < -0.3 is 10.4 Å². The summed E-state index contributed by atoms with van der Waals surface area (Å²) >= 11 is 6.24. The molecule has 0 aliphatic carbocycles. The van der Waals surface area contributed by atoms with Crippen LogP contribution in [0.3, 0.4) is 0 Å². The smallest absolute Gasteiger partial charge is 0.312 e. The van der Waals surface area contributed by atoms with E-state index in [1.54, 1.807) is 13.8 Å². The van der Waals surface area contributed by atoms with Gasteiger partial charge in [0.15, 0.2) is 0 Å². The van der Waals surface area contributed by atoms with Crippen molar-refractivity contribution in [1.29, 1.82) is 5.26 Å². The zero-order valence-corrected chi connectivity index (χ0v) is 15.7. The van der Waals surface area contributed by atoms with E-state index in [0.717, 1.165) is 6.07 Å². The first-order valence-corrected chi connectivity index (χ1v) is 8.42. The summed E-state index contributed by atoms with van der Waals surface area (Å²) in [6.07, 6.45) is 0. The van der Waals surface area contributed by atoms with Crippen molar-refractivity contribution in [2.24, 2.45) is 10.8 Å². The van der Waals surface area contributed by atoms with E-state index < -0.39 is 29.2 Å². The number of carboxylic acids is 1. The average Bonchev–Trinajstić information content (AvgIpc) is 2.49. The molecule has 0 radical (unpaired) electrons. The zero-order valence-electron chi connectivity index (χ0n) is 14.9. The summed E-state index contributed by atoms with van der Waals surface area (Å²) < 4.78 is 13.5. The van der Waals surface area contributed by atoms with Gasteiger partial charge in [-0.15, -0.1) is 0 Å². The lowest BCUT2D eigenvalue weighted by Gasteiger charge is -2.47. The van der Waals surface area contributed by atoms with Gasteiger partial charge in [0.25, 0.3) is 0 Å². The van der Waals surface area contributed by atoms with Crippen molar-refractivity contribution in [3.05, 3.63) is 45.9 Å². The molecule has 1 aliphatic rings. The van der Waals surface area contributed by atoms with Crippen LogP contribution in [0.1, 0.15) is 46.1 Å². The second-order valence-corrected chi connectivity index (χ2v) is 8.11. The average molecular weight is 365 g/mol. The maximum atomic E-state index is 13.5. The molecule has 25 heavy (non-hydrogen) atoms. The van der Waals surface area contributed by atoms with Gasteiger partial charge in [0, 0.05) is 28.1 Å². The van der Waals surface area contributed by atoms with Crippen molar-refractivity contribution in [1.82, 2.24) is 5.32 Å². The van der Waals surface area contributed by atoms with Gasteiger partial charge in [0.1, 0.15) is 5.82 Å². The molecule has 3 atom stereocenters. The number of benzene rings is 1. The van der Waals surface area contributed by atoms with E-state index in [1.165, 1.54) is 12.1 Å². The molecule has 0 spiro atoms. The quantitative estimate of drug-likeness (QED) is 0.812. The summed E-state index contributed by atoms with van der Waals surface area (Å²) in [6.45, 7) is 9.22. The largest absolute Gasteiger partial charge is 0.481 e. The molecule has 1 heterocycles. The number of halogens is 2. The van der Waals surface area contributed by atoms with Crippen LogP contribution in [-0.2, 0) is 4.79 Å². The third-order valence-electron chi connectivity index (χ3n) is 5.02. The fourth-order valence-corrected chi connectivity index (χ4v) is 3.68. The third-order valence-corrected chi connectivity index (χ3v) is 5.35. The minimum absolute atomic E-state index is 0.118. The first-order valence-electron chi connectivity index (χ1n) is 8.04. The van der Waals surface area contributed by atoms with Crippen LogP contribution in [0, 0.1) is 28.0 Å². The number of nitriles is 1. The SMILES string of the molecule is CC1NC(C(C)(C)C)=C(C#N)C(c2ccc(F)cc2Cl)C1(C)C(=O)O. The molecule has 1 aromatic carbocycles. The van der Waals surface area contributed by atoms with E-state index in [1.807, 2.05) is 20.8 Å². The Bertz CT molecular complexity index is 792. The Balaban J connectivity index is 2.87. The van der Waals surface area contributed by atoms with Crippen LogP contribution in [0.5, 0.6) is 0 Å². The Labute approximate surface area is 152 Å². The van der Waals surface area contributed by atoms with Crippen LogP contribution in [0.2, 0.25) is 5.02 Å².